The van der Waals surface area contributed by atoms with Crippen LogP contribution in [-0.4, -0.2) is 29.2 Å². The van der Waals surface area contributed by atoms with Gasteiger partial charge in [-0.1, -0.05) is 0 Å². The van der Waals surface area contributed by atoms with E-state index in [1.54, 1.807) is 19.1 Å². The van der Waals surface area contributed by atoms with E-state index in [0.717, 1.165) is 16.5 Å². The lowest BCUT2D eigenvalue weighted by Crippen LogP contribution is -2.11. The van der Waals surface area contributed by atoms with Crippen molar-refractivity contribution in [1.82, 2.24) is 4.90 Å². The molecule has 98 valence electrons. The summed E-state index contributed by atoms with van der Waals surface area (Å²) >= 11 is 0. The van der Waals surface area contributed by atoms with Gasteiger partial charge in [0.05, 0.1) is 6.10 Å². The van der Waals surface area contributed by atoms with Crippen molar-refractivity contribution in [2.24, 2.45) is 0 Å². The van der Waals surface area contributed by atoms with Gasteiger partial charge < -0.3 is 19.5 Å². The Morgan fingerprint density at radius 3 is 2.56 bits per heavy atom. The van der Waals surface area contributed by atoms with Crippen LogP contribution in [-0.2, 0) is 6.54 Å². The molecule has 4 heteroatoms. The summed E-state index contributed by atoms with van der Waals surface area (Å²) in [4.78, 5) is 1.97. The highest BCUT2D eigenvalue weighted by Crippen LogP contribution is 2.37. The smallest absolute Gasteiger partial charge is 0.135 e. The van der Waals surface area contributed by atoms with Crippen LogP contribution in [0.4, 0.5) is 0 Å². The Morgan fingerprint density at radius 2 is 2.00 bits per heavy atom. The Bertz CT molecular complexity index is 570. The third kappa shape index (κ3) is 2.09. The summed E-state index contributed by atoms with van der Waals surface area (Å²) in [6, 6.07) is 3.37. The molecule has 2 rings (SSSR count). The maximum Gasteiger partial charge on any atom is 0.135 e. The van der Waals surface area contributed by atoms with E-state index in [0.29, 0.717) is 17.9 Å². The van der Waals surface area contributed by atoms with Crippen LogP contribution in [0.2, 0.25) is 0 Å². The lowest BCUT2D eigenvalue weighted by molar-refractivity contribution is 0.198. The molecule has 2 N–H and O–H groups in total. The number of phenolic OH excluding ortho intramolecular Hbond substituents is 1. The molecule has 18 heavy (non-hydrogen) atoms. The zero-order chi connectivity index (χ0) is 13.4. The molecule has 0 bridgehead atoms. The Labute approximate surface area is 106 Å². The molecule has 1 heterocycles. The molecule has 0 saturated heterocycles. The molecule has 2 aromatic rings. The summed E-state index contributed by atoms with van der Waals surface area (Å²) in [7, 11) is 3.88. The first-order valence-electron chi connectivity index (χ1n) is 5.98. The number of aryl methyl sites for hydroxylation is 1. The van der Waals surface area contributed by atoms with E-state index >= 15 is 0 Å². The van der Waals surface area contributed by atoms with E-state index in [4.69, 9.17) is 4.42 Å². The first-order chi connectivity index (χ1) is 8.41. The molecule has 0 radical (unpaired) electrons. The quantitative estimate of drug-likeness (QED) is 0.877. The normalized spacial score (nSPS) is 13.4. The Kier molecular flexibility index (Phi) is 3.32. The second kappa shape index (κ2) is 4.63. The van der Waals surface area contributed by atoms with Gasteiger partial charge in [-0.25, -0.2) is 0 Å². The lowest BCUT2D eigenvalue weighted by Gasteiger charge is -2.14. The molecule has 1 atom stereocenters. The topological polar surface area (TPSA) is 56.8 Å². The number of aromatic hydroxyl groups is 1. The SMILES string of the molecule is Cc1oc2ccc(O)c(CN(C)C)c2c1[C@@H](C)O. The van der Waals surface area contributed by atoms with Gasteiger partial charge in [0.25, 0.3) is 0 Å². The van der Waals surface area contributed by atoms with Crippen molar-refractivity contribution in [2.45, 2.75) is 26.5 Å². The van der Waals surface area contributed by atoms with Crippen LogP contribution >= 0.6 is 0 Å². The number of fused-ring (bicyclic) bond motifs is 1. The van der Waals surface area contributed by atoms with Crippen LogP contribution in [0.5, 0.6) is 5.75 Å². The zero-order valence-electron chi connectivity index (χ0n) is 11.2. The fourth-order valence-corrected chi connectivity index (χ4v) is 2.37. The third-order valence-corrected chi connectivity index (χ3v) is 3.05. The molecule has 4 nitrogen and oxygen atoms in total. The molecule has 0 aliphatic heterocycles. The summed E-state index contributed by atoms with van der Waals surface area (Å²) in [5.74, 6) is 0.935. The number of phenols is 1. The molecule has 0 aliphatic rings. The van der Waals surface area contributed by atoms with Crippen LogP contribution in [0.3, 0.4) is 0 Å². The van der Waals surface area contributed by atoms with E-state index in [2.05, 4.69) is 0 Å². The number of furan rings is 1. The van der Waals surface area contributed by atoms with Crippen molar-refractivity contribution in [3.8, 4) is 5.75 Å². The fourth-order valence-electron chi connectivity index (χ4n) is 2.37. The van der Waals surface area contributed by atoms with Crippen LogP contribution in [0.1, 0.15) is 29.9 Å². The van der Waals surface area contributed by atoms with Gasteiger partial charge in [0.2, 0.25) is 0 Å². The van der Waals surface area contributed by atoms with Gasteiger partial charge in [-0.15, -0.1) is 0 Å². The predicted octanol–water partition coefficient (Wildman–Crippen LogP) is 2.56. The summed E-state index contributed by atoms with van der Waals surface area (Å²) in [5.41, 5.74) is 2.26. The Morgan fingerprint density at radius 1 is 1.33 bits per heavy atom. The summed E-state index contributed by atoms with van der Waals surface area (Å²) < 4.78 is 5.65. The summed E-state index contributed by atoms with van der Waals surface area (Å²) in [6.45, 7) is 4.14. The second-order valence-corrected chi connectivity index (χ2v) is 4.92. The standard InChI is InChI=1S/C14H19NO3/c1-8(16)13-9(2)18-12-6-5-11(17)10(14(12)13)7-15(3)4/h5-6,8,16-17H,7H2,1-4H3/t8-/m1/s1. The molecular formula is C14H19NO3. The Balaban J connectivity index is 2.76. The second-order valence-electron chi connectivity index (χ2n) is 4.92. The highest BCUT2D eigenvalue weighted by molar-refractivity contribution is 5.88. The number of aliphatic hydroxyl groups is 1. The molecule has 0 fully saturated rings. The predicted molar refractivity (Wildman–Crippen MR) is 70.6 cm³/mol. The summed E-state index contributed by atoms with van der Waals surface area (Å²) in [5, 5.41) is 20.7. The third-order valence-electron chi connectivity index (χ3n) is 3.05. The lowest BCUT2D eigenvalue weighted by atomic mass is 10.0. The van der Waals surface area contributed by atoms with Gasteiger partial charge in [0.15, 0.2) is 0 Å². The van der Waals surface area contributed by atoms with Crippen molar-refractivity contribution < 1.29 is 14.6 Å². The van der Waals surface area contributed by atoms with Crippen molar-refractivity contribution in [3.05, 3.63) is 29.0 Å². The highest BCUT2D eigenvalue weighted by Gasteiger charge is 2.20. The van der Waals surface area contributed by atoms with Crippen LogP contribution in [0.25, 0.3) is 11.0 Å². The van der Waals surface area contributed by atoms with E-state index in [1.165, 1.54) is 0 Å². The van der Waals surface area contributed by atoms with Gasteiger partial charge in [0, 0.05) is 23.1 Å². The van der Waals surface area contributed by atoms with Crippen molar-refractivity contribution in [1.29, 1.82) is 0 Å². The molecule has 1 aromatic carbocycles. The number of nitrogens with zero attached hydrogens (tertiary/aromatic N) is 1. The average Bonchev–Trinajstić information content (AvgIpc) is 2.58. The van der Waals surface area contributed by atoms with E-state index in [9.17, 15) is 10.2 Å². The van der Waals surface area contributed by atoms with E-state index < -0.39 is 6.10 Å². The van der Waals surface area contributed by atoms with E-state index in [-0.39, 0.29) is 5.75 Å². The molecule has 1 aromatic heterocycles. The van der Waals surface area contributed by atoms with Gasteiger partial charge in [-0.05, 0) is 40.1 Å². The fraction of sp³-hybridized carbons (Fsp3) is 0.429. The minimum absolute atomic E-state index is 0.235. The van der Waals surface area contributed by atoms with E-state index in [1.807, 2.05) is 25.9 Å². The van der Waals surface area contributed by atoms with Gasteiger partial charge in [0.1, 0.15) is 17.1 Å². The number of aliphatic hydroxyl groups excluding tert-OH is 1. The maximum absolute atomic E-state index is 10.0. The number of benzene rings is 1. The van der Waals surface area contributed by atoms with Gasteiger partial charge >= 0.3 is 0 Å². The summed E-state index contributed by atoms with van der Waals surface area (Å²) in [6.07, 6.45) is -0.617. The maximum atomic E-state index is 10.0. The zero-order valence-corrected chi connectivity index (χ0v) is 11.2. The number of hydrogen-bond donors (Lipinski definition) is 2. The molecule has 0 amide bonds. The number of rotatable bonds is 3. The van der Waals surface area contributed by atoms with Gasteiger partial charge in [-0.2, -0.15) is 0 Å². The molecular weight excluding hydrogens is 230 g/mol. The monoisotopic (exact) mass is 249 g/mol. The van der Waals surface area contributed by atoms with Gasteiger partial charge in [-0.3, -0.25) is 0 Å². The van der Waals surface area contributed by atoms with Crippen molar-refractivity contribution in [2.75, 3.05) is 14.1 Å². The number of hydrogen-bond acceptors (Lipinski definition) is 4. The van der Waals surface area contributed by atoms with Crippen LogP contribution in [0.15, 0.2) is 16.5 Å². The van der Waals surface area contributed by atoms with Crippen LogP contribution in [0, 0.1) is 6.92 Å². The minimum atomic E-state index is -0.617. The molecule has 0 spiro atoms. The molecule has 0 unspecified atom stereocenters. The first-order valence-corrected chi connectivity index (χ1v) is 5.98. The minimum Gasteiger partial charge on any atom is -0.508 e. The highest BCUT2D eigenvalue weighted by atomic mass is 16.3. The van der Waals surface area contributed by atoms with Crippen molar-refractivity contribution in [3.63, 3.8) is 0 Å². The first kappa shape index (κ1) is 12.9. The molecule has 0 aliphatic carbocycles. The Hall–Kier alpha value is -1.52. The van der Waals surface area contributed by atoms with Crippen LogP contribution < -0.4 is 0 Å². The van der Waals surface area contributed by atoms with Crippen molar-refractivity contribution >= 4 is 11.0 Å². The molecule has 0 saturated carbocycles. The largest absolute Gasteiger partial charge is 0.508 e. The average molecular weight is 249 g/mol.